The largest absolute Gasteiger partial charge is 0.337 e. The van der Waals surface area contributed by atoms with Crippen molar-refractivity contribution in [3.8, 4) is 6.07 Å². The van der Waals surface area contributed by atoms with Gasteiger partial charge in [-0.25, -0.2) is 4.68 Å². The van der Waals surface area contributed by atoms with Gasteiger partial charge in [-0.2, -0.15) is 18.8 Å². The maximum atomic E-state index is 14.0. The smallest absolute Gasteiger partial charge is 0.284 e. The van der Waals surface area contributed by atoms with E-state index in [-0.39, 0.29) is 40.1 Å². The Morgan fingerprint density at radius 2 is 1.53 bits per heavy atom. The number of aromatic nitrogens is 2. The summed E-state index contributed by atoms with van der Waals surface area (Å²) in [6, 6.07) is 16.4. The average Bonchev–Trinajstić information content (AvgIpc) is 3.01. The number of hydrogen-bond acceptors (Lipinski definition) is 6. The molecule has 0 aliphatic carbocycles. The normalized spacial score (nSPS) is 12.7. The first-order chi connectivity index (χ1) is 21.4. The molecule has 0 radical (unpaired) electrons. The predicted molar refractivity (Wildman–Crippen MR) is 175 cm³/mol. The Bertz CT molecular complexity index is 1660. The molecule has 0 saturated carbocycles. The average molecular weight is 652 g/mol. The number of nitriles is 1. The number of halogens is 1. The van der Waals surface area contributed by atoms with Gasteiger partial charge in [-0.3, -0.25) is 9.59 Å². The van der Waals surface area contributed by atoms with Gasteiger partial charge in [-0.1, -0.05) is 57.5 Å². The summed E-state index contributed by atoms with van der Waals surface area (Å²) in [6.07, 6.45) is 2.25. The van der Waals surface area contributed by atoms with Crippen LogP contribution in [-0.2, 0) is 10.0 Å². The molecule has 11 heteroatoms. The minimum Gasteiger partial charge on any atom is -0.337 e. The molecule has 0 aliphatic heterocycles. The van der Waals surface area contributed by atoms with Gasteiger partial charge in [0.05, 0.1) is 16.5 Å². The summed E-state index contributed by atoms with van der Waals surface area (Å²) in [7, 11) is -4.20. The molecule has 0 fully saturated rings. The second-order valence-corrected chi connectivity index (χ2v) is 13.9. The third-order valence-electron chi connectivity index (χ3n) is 7.34. The lowest BCUT2D eigenvalue weighted by Gasteiger charge is -2.25. The fraction of sp³-hybridized carbons (Fsp3) is 0.441. The number of benzene rings is 2. The molecule has 0 bridgehead atoms. The van der Waals surface area contributed by atoms with Gasteiger partial charge in [0.2, 0.25) is 0 Å². The summed E-state index contributed by atoms with van der Waals surface area (Å²) >= 11 is 6.05. The zero-order chi connectivity index (χ0) is 33.1. The van der Waals surface area contributed by atoms with Crippen LogP contribution in [0.3, 0.4) is 0 Å². The molecule has 9 nitrogen and oxygen atoms in total. The number of hydrogen-bond donors (Lipinski definition) is 0. The van der Waals surface area contributed by atoms with E-state index in [0.717, 1.165) is 18.4 Å². The van der Waals surface area contributed by atoms with Crippen LogP contribution in [0.5, 0.6) is 0 Å². The molecule has 240 valence electrons. The molecule has 45 heavy (non-hydrogen) atoms. The number of carbonyl (C=O) groups is 2. The number of amides is 1. The molecule has 1 amide bonds. The highest BCUT2D eigenvalue weighted by molar-refractivity contribution is 7.90. The van der Waals surface area contributed by atoms with Crippen LogP contribution in [0.4, 0.5) is 0 Å². The van der Waals surface area contributed by atoms with E-state index in [1.54, 1.807) is 41.3 Å². The summed E-state index contributed by atoms with van der Waals surface area (Å²) in [6.45, 7) is 11.3. The van der Waals surface area contributed by atoms with Crippen molar-refractivity contribution in [1.29, 1.82) is 5.26 Å². The van der Waals surface area contributed by atoms with Crippen molar-refractivity contribution < 1.29 is 18.0 Å². The predicted octanol–water partition coefficient (Wildman–Crippen LogP) is 6.33. The lowest BCUT2D eigenvalue weighted by Crippen LogP contribution is -2.38. The van der Waals surface area contributed by atoms with Crippen LogP contribution >= 0.6 is 11.6 Å². The van der Waals surface area contributed by atoms with Crippen molar-refractivity contribution in [2.75, 3.05) is 19.0 Å². The molecule has 0 N–H and O–H groups in total. The number of aryl methyl sites for hydroxylation is 1. The zero-order valence-corrected chi connectivity index (χ0v) is 28.2. The topological polar surface area (TPSA) is 125 Å². The Labute approximate surface area is 271 Å². The molecular weight excluding hydrogens is 610 g/mol. The SMILES string of the molecule is Cc1ccc(S(=O)(=O)N=c2ccc(C(=O)N(CCC(C)C)CCC(C)C)nn2C(CCCCl)C(=O)c2ccc(C#N)cc2)cc1. The van der Waals surface area contributed by atoms with Gasteiger partial charge in [0.25, 0.3) is 15.9 Å². The fourth-order valence-corrected chi connectivity index (χ4v) is 5.70. The Morgan fingerprint density at radius 1 is 0.933 bits per heavy atom. The summed E-state index contributed by atoms with van der Waals surface area (Å²) in [5, 5.41) is 13.8. The maximum Gasteiger partial charge on any atom is 0.284 e. The van der Waals surface area contributed by atoms with Crippen molar-refractivity contribution in [2.24, 2.45) is 16.2 Å². The summed E-state index contributed by atoms with van der Waals surface area (Å²) < 4.78 is 32.2. The standard InChI is InChI=1S/C34H42ClN5O4S/c1-24(2)18-21-39(22-19-25(3)4)34(42)30-16-17-32(38-45(43,44)29-14-8-26(5)9-15-29)40(37-30)31(7-6-20-35)33(41)28-12-10-27(23-36)11-13-28/h8-17,24-25,31H,6-7,18-22H2,1-5H3. The number of carbonyl (C=O) groups excluding carboxylic acids is 2. The van der Waals surface area contributed by atoms with Crippen LogP contribution in [0, 0.1) is 30.1 Å². The van der Waals surface area contributed by atoms with Crippen LogP contribution in [0.1, 0.15) is 91.4 Å². The van der Waals surface area contributed by atoms with Gasteiger partial charge >= 0.3 is 0 Å². The molecular formula is C34H42ClN5O4S. The van der Waals surface area contributed by atoms with Gasteiger partial charge in [0.15, 0.2) is 11.3 Å². The second-order valence-electron chi connectivity index (χ2n) is 12.0. The number of alkyl halides is 1. The first kappa shape index (κ1) is 35.7. The first-order valence-corrected chi connectivity index (χ1v) is 17.2. The Balaban J connectivity index is 2.22. The van der Waals surface area contributed by atoms with Crippen molar-refractivity contribution in [1.82, 2.24) is 14.7 Å². The van der Waals surface area contributed by atoms with E-state index in [2.05, 4.69) is 37.2 Å². The molecule has 3 rings (SSSR count). The molecule has 0 aliphatic rings. The number of sulfonamides is 1. The monoisotopic (exact) mass is 651 g/mol. The van der Waals surface area contributed by atoms with Crippen molar-refractivity contribution in [3.63, 3.8) is 0 Å². The summed E-state index contributed by atoms with van der Waals surface area (Å²) in [4.78, 5) is 29.6. The maximum absolute atomic E-state index is 14.0. The molecule has 1 heterocycles. The molecule has 0 saturated heterocycles. The highest BCUT2D eigenvalue weighted by atomic mass is 35.5. The number of nitrogens with zero attached hydrogens (tertiary/aromatic N) is 5. The Morgan fingerprint density at radius 3 is 2.07 bits per heavy atom. The number of rotatable bonds is 15. The van der Waals surface area contributed by atoms with Crippen molar-refractivity contribution in [2.45, 2.75) is 71.2 Å². The first-order valence-electron chi connectivity index (χ1n) is 15.2. The highest BCUT2D eigenvalue weighted by Crippen LogP contribution is 2.21. The molecule has 0 spiro atoms. The third kappa shape index (κ3) is 10.1. The van der Waals surface area contributed by atoms with E-state index in [9.17, 15) is 23.3 Å². The lowest BCUT2D eigenvalue weighted by atomic mass is 9.99. The van der Waals surface area contributed by atoms with E-state index >= 15 is 0 Å². The second kappa shape index (κ2) is 16.5. The van der Waals surface area contributed by atoms with Gasteiger partial charge < -0.3 is 4.90 Å². The lowest BCUT2D eigenvalue weighted by molar-refractivity contribution is 0.0727. The Hall–Kier alpha value is -3.81. The summed E-state index contributed by atoms with van der Waals surface area (Å²) in [5.74, 6) is 0.348. The summed E-state index contributed by atoms with van der Waals surface area (Å²) in [5.41, 5.74) is 1.58. The molecule has 1 atom stereocenters. The van der Waals surface area contributed by atoms with E-state index in [4.69, 9.17) is 11.6 Å². The fourth-order valence-electron chi connectivity index (χ4n) is 4.57. The van der Waals surface area contributed by atoms with E-state index in [1.165, 1.54) is 28.9 Å². The van der Waals surface area contributed by atoms with E-state index in [1.807, 2.05) is 13.0 Å². The van der Waals surface area contributed by atoms with Crippen LogP contribution < -0.4 is 5.49 Å². The Kier molecular flexibility index (Phi) is 13.1. The third-order valence-corrected chi connectivity index (χ3v) is 8.90. The van der Waals surface area contributed by atoms with Crippen molar-refractivity contribution in [3.05, 3.63) is 88.5 Å². The van der Waals surface area contributed by atoms with Crippen molar-refractivity contribution >= 4 is 33.3 Å². The number of ketones is 1. The van der Waals surface area contributed by atoms with E-state index < -0.39 is 16.1 Å². The van der Waals surface area contributed by atoms with Crippen LogP contribution in [0.15, 0.2) is 70.0 Å². The minimum absolute atomic E-state index is 0.0101. The molecule has 3 aromatic rings. The van der Waals surface area contributed by atoms with Gasteiger partial charge in [0.1, 0.15) is 11.7 Å². The van der Waals surface area contributed by atoms with Gasteiger partial charge in [0, 0.05) is 24.5 Å². The molecule has 2 aromatic carbocycles. The quantitative estimate of drug-likeness (QED) is 0.140. The van der Waals surface area contributed by atoms with Crippen LogP contribution in [0.2, 0.25) is 0 Å². The van der Waals surface area contributed by atoms with Crippen LogP contribution in [-0.4, -0.2) is 53.8 Å². The van der Waals surface area contributed by atoms with E-state index in [0.29, 0.717) is 42.5 Å². The molecule has 1 aromatic heterocycles. The molecule has 1 unspecified atom stereocenters. The number of Topliss-reactive ketones (excluding diaryl/α,β-unsaturated/α-hetero) is 1. The van der Waals surface area contributed by atoms with Gasteiger partial charge in [-0.15, -0.1) is 16.0 Å². The van der Waals surface area contributed by atoms with Crippen LogP contribution in [0.25, 0.3) is 0 Å². The highest BCUT2D eigenvalue weighted by Gasteiger charge is 2.27. The minimum atomic E-state index is -4.20. The zero-order valence-electron chi connectivity index (χ0n) is 26.6. The van der Waals surface area contributed by atoms with Gasteiger partial charge in [-0.05, 0) is 80.8 Å².